The number of amides is 2. The van der Waals surface area contributed by atoms with E-state index in [2.05, 4.69) is 22.1 Å². The molecule has 1 aliphatic rings. The molecule has 1 aromatic carbocycles. The van der Waals surface area contributed by atoms with E-state index in [-0.39, 0.29) is 12.1 Å². The van der Waals surface area contributed by atoms with Crippen molar-refractivity contribution in [1.29, 1.82) is 0 Å². The lowest BCUT2D eigenvalue weighted by atomic mass is 10.1. The van der Waals surface area contributed by atoms with Crippen molar-refractivity contribution in [3.8, 4) is 0 Å². The molecule has 2 aromatic rings. The van der Waals surface area contributed by atoms with Crippen LogP contribution in [0.4, 0.5) is 10.5 Å². The average molecular weight is 359 g/mol. The van der Waals surface area contributed by atoms with Gasteiger partial charge in [0.1, 0.15) is 0 Å². The van der Waals surface area contributed by atoms with Crippen molar-refractivity contribution >= 4 is 23.3 Å². The van der Waals surface area contributed by atoms with Crippen LogP contribution in [0.2, 0.25) is 5.02 Å². The number of nitrogens with one attached hydrogen (secondary N) is 1. The summed E-state index contributed by atoms with van der Waals surface area (Å²) in [5.41, 5.74) is 3.41. The Morgan fingerprint density at radius 2 is 1.84 bits per heavy atom. The SMILES string of the molecule is Cc1cnccc1N1CCN(C(=O)NC(C)c2ccc(Cl)cc2)CC1. The fourth-order valence-corrected chi connectivity index (χ4v) is 3.21. The van der Waals surface area contributed by atoms with Gasteiger partial charge < -0.3 is 15.1 Å². The van der Waals surface area contributed by atoms with Gasteiger partial charge in [-0.25, -0.2) is 4.79 Å². The number of hydrogen-bond acceptors (Lipinski definition) is 3. The minimum Gasteiger partial charge on any atom is -0.368 e. The maximum absolute atomic E-state index is 12.5. The molecule has 1 unspecified atom stereocenters. The van der Waals surface area contributed by atoms with Crippen LogP contribution in [-0.2, 0) is 0 Å². The van der Waals surface area contributed by atoms with Crippen LogP contribution in [0.3, 0.4) is 0 Å². The Balaban J connectivity index is 1.55. The Hall–Kier alpha value is -2.27. The molecule has 1 aliphatic heterocycles. The topological polar surface area (TPSA) is 48.5 Å². The van der Waals surface area contributed by atoms with Crippen LogP contribution in [0.1, 0.15) is 24.1 Å². The first kappa shape index (κ1) is 17.5. The summed E-state index contributed by atoms with van der Waals surface area (Å²) in [5, 5.41) is 3.77. The van der Waals surface area contributed by atoms with E-state index in [0.717, 1.165) is 24.2 Å². The fraction of sp³-hybridized carbons (Fsp3) is 0.368. The highest BCUT2D eigenvalue weighted by Crippen LogP contribution is 2.20. The first-order valence-corrected chi connectivity index (χ1v) is 8.89. The summed E-state index contributed by atoms with van der Waals surface area (Å²) in [6, 6.07) is 9.53. The molecule has 0 aliphatic carbocycles. The first-order chi connectivity index (χ1) is 12.0. The van der Waals surface area contributed by atoms with Crippen molar-refractivity contribution in [2.45, 2.75) is 19.9 Å². The number of rotatable bonds is 3. The fourth-order valence-electron chi connectivity index (χ4n) is 3.08. The van der Waals surface area contributed by atoms with Crippen molar-refractivity contribution in [3.63, 3.8) is 0 Å². The van der Waals surface area contributed by atoms with Gasteiger partial charge in [0.25, 0.3) is 0 Å². The number of piperazine rings is 1. The van der Waals surface area contributed by atoms with Gasteiger partial charge >= 0.3 is 6.03 Å². The lowest BCUT2D eigenvalue weighted by Crippen LogP contribution is -2.52. The van der Waals surface area contributed by atoms with Gasteiger partial charge in [-0.1, -0.05) is 23.7 Å². The third-order valence-electron chi connectivity index (χ3n) is 4.61. The Morgan fingerprint density at radius 1 is 1.16 bits per heavy atom. The van der Waals surface area contributed by atoms with Gasteiger partial charge in [-0.05, 0) is 43.2 Å². The van der Waals surface area contributed by atoms with Crippen molar-refractivity contribution in [2.24, 2.45) is 0 Å². The van der Waals surface area contributed by atoms with Crippen LogP contribution >= 0.6 is 11.6 Å². The molecule has 1 fully saturated rings. The van der Waals surface area contributed by atoms with E-state index in [1.54, 1.807) is 0 Å². The summed E-state index contributed by atoms with van der Waals surface area (Å²) in [4.78, 5) is 20.8. The molecule has 3 rings (SSSR count). The summed E-state index contributed by atoms with van der Waals surface area (Å²) in [7, 11) is 0. The highest BCUT2D eigenvalue weighted by molar-refractivity contribution is 6.30. The Labute approximate surface area is 153 Å². The van der Waals surface area contributed by atoms with Crippen molar-refractivity contribution < 1.29 is 4.79 Å². The molecule has 0 spiro atoms. The molecular weight excluding hydrogens is 336 g/mol. The maximum Gasteiger partial charge on any atom is 0.317 e. The molecule has 2 amide bonds. The third-order valence-corrected chi connectivity index (χ3v) is 4.86. The molecule has 0 radical (unpaired) electrons. The second-order valence-corrected chi connectivity index (χ2v) is 6.80. The zero-order valence-corrected chi connectivity index (χ0v) is 15.3. The molecule has 1 atom stereocenters. The smallest absolute Gasteiger partial charge is 0.317 e. The van der Waals surface area contributed by atoms with Crippen LogP contribution in [0.15, 0.2) is 42.7 Å². The molecule has 6 heteroatoms. The van der Waals surface area contributed by atoms with Crippen LogP contribution < -0.4 is 10.2 Å². The van der Waals surface area contributed by atoms with Gasteiger partial charge in [-0.15, -0.1) is 0 Å². The zero-order chi connectivity index (χ0) is 17.8. The van der Waals surface area contributed by atoms with Gasteiger partial charge in [0, 0.05) is 49.3 Å². The number of halogens is 1. The standard InChI is InChI=1S/C19H23ClN4O/c1-14-13-21-8-7-18(14)23-9-11-24(12-10-23)19(25)22-15(2)16-3-5-17(20)6-4-16/h3-8,13,15H,9-12H2,1-2H3,(H,22,25). The van der Waals surface area contributed by atoms with Crippen LogP contribution in [0, 0.1) is 6.92 Å². The second-order valence-electron chi connectivity index (χ2n) is 6.36. The summed E-state index contributed by atoms with van der Waals surface area (Å²) < 4.78 is 0. The third kappa shape index (κ3) is 4.23. The number of nitrogens with zero attached hydrogens (tertiary/aromatic N) is 3. The highest BCUT2D eigenvalue weighted by atomic mass is 35.5. The van der Waals surface area contributed by atoms with E-state index >= 15 is 0 Å². The van der Waals surface area contributed by atoms with Crippen molar-refractivity contribution in [1.82, 2.24) is 15.2 Å². The number of benzene rings is 1. The number of pyridine rings is 1. The predicted molar refractivity (Wildman–Crippen MR) is 101 cm³/mol. The lowest BCUT2D eigenvalue weighted by Gasteiger charge is -2.37. The minimum absolute atomic E-state index is 0.0199. The summed E-state index contributed by atoms with van der Waals surface area (Å²) in [5.74, 6) is 0. The van der Waals surface area contributed by atoms with Crippen LogP contribution in [0.25, 0.3) is 0 Å². The Bertz CT molecular complexity index is 726. The number of anilines is 1. The predicted octanol–water partition coefficient (Wildman–Crippen LogP) is 3.64. The molecular formula is C19H23ClN4O. The number of urea groups is 1. The van der Waals surface area contributed by atoms with E-state index in [0.29, 0.717) is 18.1 Å². The Kier molecular flexibility index (Phi) is 5.43. The normalized spacial score (nSPS) is 15.8. The van der Waals surface area contributed by atoms with Crippen LogP contribution in [-0.4, -0.2) is 42.1 Å². The van der Waals surface area contributed by atoms with E-state index < -0.39 is 0 Å². The van der Waals surface area contributed by atoms with Crippen molar-refractivity contribution in [2.75, 3.05) is 31.1 Å². The van der Waals surface area contributed by atoms with E-state index in [1.165, 1.54) is 5.69 Å². The second kappa shape index (κ2) is 7.74. The van der Waals surface area contributed by atoms with Crippen LogP contribution in [0.5, 0.6) is 0 Å². The molecule has 0 bridgehead atoms. The zero-order valence-electron chi connectivity index (χ0n) is 14.6. The van der Waals surface area contributed by atoms with Crippen molar-refractivity contribution in [3.05, 3.63) is 58.9 Å². The lowest BCUT2D eigenvalue weighted by molar-refractivity contribution is 0.191. The van der Waals surface area contributed by atoms with Gasteiger partial charge in [-0.3, -0.25) is 4.98 Å². The number of carbonyl (C=O) groups is 1. The van der Waals surface area contributed by atoms with Gasteiger partial charge in [0.05, 0.1) is 6.04 Å². The number of aromatic nitrogens is 1. The summed E-state index contributed by atoms with van der Waals surface area (Å²) in [6.07, 6.45) is 3.69. The van der Waals surface area contributed by atoms with Gasteiger partial charge in [0.2, 0.25) is 0 Å². The largest absolute Gasteiger partial charge is 0.368 e. The van der Waals surface area contributed by atoms with Gasteiger partial charge in [-0.2, -0.15) is 0 Å². The highest BCUT2D eigenvalue weighted by Gasteiger charge is 2.23. The first-order valence-electron chi connectivity index (χ1n) is 8.51. The molecule has 1 N–H and O–H groups in total. The number of aryl methyl sites for hydroxylation is 1. The maximum atomic E-state index is 12.5. The summed E-state index contributed by atoms with van der Waals surface area (Å²) in [6.45, 7) is 7.12. The monoisotopic (exact) mass is 358 g/mol. The molecule has 0 saturated carbocycles. The molecule has 2 heterocycles. The summed E-state index contributed by atoms with van der Waals surface area (Å²) >= 11 is 5.91. The van der Waals surface area contributed by atoms with E-state index in [9.17, 15) is 4.79 Å². The minimum atomic E-state index is -0.0507. The van der Waals surface area contributed by atoms with E-state index in [1.807, 2.05) is 54.5 Å². The molecule has 5 nitrogen and oxygen atoms in total. The quantitative estimate of drug-likeness (QED) is 0.911. The van der Waals surface area contributed by atoms with E-state index in [4.69, 9.17) is 11.6 Å². The molecule has 132 valence electrons. The Morgan fingerprint density at radius 3 is 2.48 bits per heavy atom. The average Bonchev–Trinajstić information content (AvgIpc) is 2.63. The van der Waals surface area contributed by atoms with Gasteiger partial charge in [0.15, 0.2) is 0 Å². The molecule has 1 saturated heterocycles. The molecule has 1 aromatic heterocycles. The number of hydrogen-bond donors (Lipinski definition) is 1. The number of carbonyl (C=O) groups excluding carboxylic acids is 1. The molecule has 25 heavy (non-hydrogen) atoms.